The van der Waals surface area contributed by atoms with Crippen molar-refractivity contribution in [2.75, 3.05) is 14.1 Å². The van der Waals surface area contributed by atoms with Crippen LogP contribution in [0.25, 0.3) is 0 Å². The number of benzene rings is 1. The summed E-state index contributed by atoms with van der Waals surface area (Å²) in [7, 11) is 4.02. The van der Waals surface area contributed by atoms with Crippen molar-refractivity contribution in [1.29, 1.82) is 0 Å². The molecule has 0 spiro atoms. The molecule has 0 saturated heterocycles. The van der Waals surface area contributed by atoms with Gasteiger partial charge in [-0.1, -0.05) is 36.4 Å². The van der Waals surface area contributed by atoms with Gasteiger partial charge in [0.15, 0.2) is 0 Å². The van der Waals surface area contributed by atoms with Gasteiger partial charge in [0.2, 0.25) is 0 Å². The molecule has 152 valence electrons. The van der Waals surface area contributed by atoms with Gasteiger partial charge < -0.3 is 24.5 Å². The number of carbonyl (C=O) groups excluding carboxylic acids is 2. The Morgan fingerprint density at radius 1 is 1.04 bits per heavy atom. The number of aliphatic carboxylic acids is 2. The van der Waals surface area contributed by atoms with Crippen LogP contribution in [0.4, 0.5) is 0 Å². The number of hydrogen-bond donors (Lipinski definition) is 0. The molecule has 0 N–H and O–H groups in total. The lowest BCUT2D eigenvalue weighted by atomic mass is 9.91. The van der Waals surface area contributed by atoms with Crippen molar-refractivity contribution in [3.63, 3.8) is 0 Å². The van der Waals surface area contributed by atoms with Crippen LogP contribution < -0.4 is 10.2 Å². The Morgan fingerprint density at radius 3 is 2.00 bits per heavy atom. The second-order valence-electron chi connectivity index (χ2n) is 6.54. The van der Waals surface area contributed by atoms with Gasteiger partial charge in [-0.3, -0.25) is 9.88 Å². The zero-order chi connectivity index (χ0) is 21.2. The van der Waals surface area contributed by atoms with E-state index < -0.39 is 30.4 Å². The highest BCUT2D eigenvalue weighted by molar-refractivity contribution is 5.72. The molecule has 0 aliphatic carbocycles. The van der Waals surface area contributed by atoms with Gasteiger partial charge in [0, 0.05) is 18.1 Å². The van der Waals surface area contributed by atoms with Crippen LogP contribution in [-0.2, 0) is 19.9 Å². The van der Waals surface area contributed by atoms with E-state index >= 15 is 0 Å². The summed E-state index contributed by atoms with van der Waals surface area (Å²) >= 11 is 0. The van der Waals surface area contributed by atoms with Gasteiger partial charge in [-0.25, -0.2) is 0 Å². The van der Waals surface area contributed by atoms with Crippen molar-refractivity contribution < 1.29 is 24.5 Å². The molecule has 0 bridgehead atoms. The fourth-order valence-corrected chi connectivity index (χ4v) is 2.33. The average Bonchev–Trinajstić information content (AvgIpc) is 2.68. The van der Waals surface area contributed by atoms with Gasteiger partial charge >= 0.3 is 0 Å². The molecule has 2 unspecified atom stereocenters. The predicted octanol–water partition coefficient (Wildman–Crippen LogP) is 0.536. The first-order valence-electron chi connectivity index (χ1n) is 8.87. The third kappa shape index (κ3) is 7.46. The van der Waals surface area contributed by atoms with Crippen molar-refractivity contribution in [3.8, 4) is 0 Å². The lowest BCUT2D eigenvalue weighted by molar-refractivity contribution is -0.315. The zero-order valence-electron chi connectivity index (χ0n) is 16.6. The molecule has 1 heterocycles. The molecule has 0 saturated carbocycles. The van der Waals surface area contributed by atoms with Crippen molar-refractivity contribution in [1.82, 2.24) is 9.88 Å². The number of carbonyl (C=O) groups is 2. The van der Waals surface area contributed by atoms with Gasteiger partial charge in [0.25, 0.3) is 0 Å². The first-order chi connectivity index (χ1) is 13.2. The first-order valence-corrected chi connectivity index (χ1v) is 8.87. The van der Waals surface area contributed by atoms with Crippen LogP contribution in [0.15, 0.2) is 54.7 Å². The molecule has 0 fully saturated rings. The second-order valence-corrected chi connectivity index (χ2v) is 6.54. The predicted molar refractivity (Wildman–Crippen MR) is 101 cm³/mol. The van der Waals surface area contributed by atoms with Gasteiger partial charge in [-0.2, -0.15) is 0 Å². The molecule has 1 aromatic carbocycles. The molecule has 0 aliphatic rings. The van der Waals surface area contributed by atoms with Crippen LogP contribution in [0.5, 0.6) is 0 Å². The lowest BCUT2D eigenvalue weighted by Crippen LogP contribution is -2.38. The van der Waals surface area contributed by atoms with Gasteiger partial charge in [0.05, 0.1) is 5.69 Å². The van der Waals surface area contributed by atoms with Gasteiger partial charge in [-0.05, 0) is 58.5 Å². The van der Waals surface area contributed by atoms with Crippen LogP contribution in [0.3, 0.4) is 0 Å². The largest absolute Gasteiger partial charge is 0.550 e. The van der Waals surface area contributed by atoms with E-state index in [0.29, 0.717) is 0 Å². The molecule has 2 aromatic rings. The SMILES string of the molecule is CC(OC(C)(c1ccccc1)c1ccccn1)N(C)C.O=C([O-])CCC(=O)[O-]. The number of aromatic nitrogens is 1. The molecular formula is C21H26N2O5-2. The molecule has 28 heavy (non-hydrogen) atoms. The fraction of sp³-hybridized carbons (Fsp3) is 0.381. The van der Waals surface area contributed by atoms with Gasteiger partial charge in [-0.15, -0.1) is 0 Å². The summed E-state index contributed by atoms with van der Waals surface area (Å²) in [4.78, 5) is 25.5. The number of ether oxygens (including phenoxy) is 1. The molecule has 7 nitrogen and oxygen atoms in total. The smallest absolute Gasteiger partial charge is 0.134 e. The second kappa shape index (κ2) is 11.2. The third-order valence-electron chi connectivity index (χ3n) is 4.15. The normalized spacial score (nSPS) is 13.8. The summed E-state index contributed by atoms with van der Waals surface area (Å²) in [6.45, 7) is 4.12. The molecule has 2 rings (SSSR count). The summed E-state index contributed by atoms with van der Waals surface area (Å²) in [5, 5.41) is 19.0. The monoisotopic (exact) mass is 386 g/mol. The number of rotatable bonds is 8. The highest BCUT2D eigenvalue weighted by atomic mass is 16.5. The van der Waals surface area contributed by atoms with Crippen LogP contribution in [0.1, 0.15) is 37.9 Å². The Morgan fingerprint density at radius 2 is 1.57 bits per heavy atom. The Labute approximate surface area is 165 Å². The van der Waals surface area contributed by atoms with Gasteiger partial charge in [0.1, 0.15) is 11.8 Å². The number of carboxylic acid groups (broad SMARTS) is 2. The van der Waals surface area contributed by atoms with E-state index in [-0.39, 0.29) is 6.23 Å². The number of pyridine rings is 1. The number of hydrogen-bond acceptors (Lipinski definition) is 7. The number of carboxylic acids is 2. The minimum Gasteiger partial charge on any atom is -0.550 e. The third-order valence-corrected chi connectivity index (χ3v) is 4.15. The maximum absolute atomic E-state index is 9.50. The van der Waals surface area contributed by atoms with E-state index in [2.05, 4.69) is 24.0 Å². The molecule has 0 radical (unpaired) electrons. The maximum atomic E-state index is 9.50. The Balaban J connectivity index is 0.000000416. The highest BCUT2D eigenvalue weighted by Gasteiger charge is 2.33. The quantitative estimate of drug-likeness (QED) is 0.610. The van der Waals surface area contributed by atoms with Crippen molar-refractivity contribution >= 4 is 11.9 Å². The van der Waals surface area contributed by atoms with E-state index in [0.717, 1.165) is 11.3 Å². The molecule has 0 aliphatic heterocycles. The van der Waals surface area contributed by atoms with E-state index in [9.17, 15) is 19.8 Å². The topological polar surface area (TPSA) is 106 Å². The standard InChI is InChI=1S/C17H22N2O.C4H6O4/c1-14(19(3)4)20-17(2,15-10-6-5-7-11-15)16-12-8-9-13-18-16;5-3(6)1-2-4(7)8/h5-14H,1-4H3;1-2H2,(H,5,6)(H,7,8)/p-2. The Bertz CT molecular complexity index is 681. The molecule has 0 amide bonds. The van der Waals surface area contributed by atoms with E-state index in [1.807, 2.05) is 62.3 Å². The van der Waals surface area contributed by atoms with Crippen molar-refractivity contribution in [2.45, 2.75) is 38.5 Å². The van der Waals surface area contributed by atoms with Crippen LogP contribution in [-0.4, -0.2) is 42.1 Å². The highest BCUT2D eigenvalue weighted by Crippen LogP contribution is 2.33. The van der Waals surface area contributed by atoms with Crippen LogP contribution >= 0.6 is 0 Å². The summed E-state index contributed by atoms with van der Waals surface area (Å²) in [5.74, 6) is -2.73. The average molecular weight is 386 g/mol. The minimum absolute atomic E-state index is 0.0118. The van der Waals surface area contributed by atoms with Crippen LogP contribution in [0.2, 0.25) is 0 Å². The van der Waals surface area contributed by atoms with E-state index in [1.165, 1.54) is 0 Å². The maximum Gasteiger partial charge on any atom is 0.134 e. The van der Waals surface area contributed by atoms with Crippen molar-refractivity contribution in [3.05, 3.63) is 66.0 Å². The van der Waals surface area contributed by atoms with E-state index in [1.54, 1.807) is 6.20 Å². The summed E-state index contributed by atoms with van der Waals surface area (Å²) in [6, 6.07) is 16.2. The Kier molecular flexibility index (Phi) is 9.27. The lowest BCUT2D eigenvalue weighted by Gasteiger charge is -2.35. The summed E-state index contributed by atoms with van der Waals surface area (Å²) < 4.78 is 6.33. The van der Waals surface area contributed by atoms with Crippen LogP contribution in [0, 0.1) is 0 Å². The van der Waals surface area contributed by atoms with E-state index in [4.69, 9.17) is 4.74 Å². The minimum atomic E-state index is -1.37. The molecule has 2 atom stereocenters. The summed E-state index contributed by atoms with van der Waals surface area (Å²) in [6.07, 6.45) is 0.854. The first kappa shape index (κ1) is 23.3. The number of nitrogens with zero attached hydrogens (tertiary/aromatic N) is 2. The summed E-state index contributed by atoms with van der Waals surface area (Å²) in [5.41, 5.74) is 1.46. The zero-order valence-corrected chi connectivity index (χ0v) is 16.6. The molecule has 1 aromatic heterocycles. The fourth-order valence-electron chi connectivity index (χ4n) is 2.33. The molecule has 7 heteroatoms. The van der Waals surface area contributed by atoms with Crippen molar-refractivity contribution in [2.24, 2.45) is 0 Å². The Hall–Kier alpha value is -2.77. The molecular weight excluding hydrogens is 360 g/mol.